The molecule has 1 rings (SSSR count). The van der Waals surface area contributed by atoms with Crippen LogP contribution in [-0.2, 0) is 9.59 Å². The summed E-state index contributed by atoms with van der Waals surface area (Å²) in [4.78, 5) is 24.5. The number of amides is 2. The molecule has 0 heterocycles. The number of nitrogens with zero attached hydrogens (tertiary/aromatic N) is 2. The van der Waals surface area contributed by atoms with Gasteiger partial charge in [-0.1, -0.05) is 37.0 Å². The smallest absolute Gasteiger partial charge is 0.471 e. The first-order chi connectivity index (χ1) is 12.3. The Morgan fingerprint density at radius 1 is 1.22 bits per heavy atom. The number of alkyl halides is 3. The van der Waals surface area contributed by atoms with Crippen molar-refractivity contribution in [2.75, 3.05) is 0 Å². The molecule has 1 aromatic rings. The van der Waals surface area contributed by atoms with E-state index in [2.05, 4.69) is 0 Å². The fourth-order valence-corrected chi connectivity index (χ4v) is 2.55. The molecule has 1 aromatic carbocycles. The number of carbonyl (C=O) groups excluding carboxylic acids is 2. The summed E-state index contributed by atoms with van der Waals surface area (Å²) in [5, 5.41) is 9.72. The van der Waals surface area contributed by atoms with Crippen LogP contribution in [0.2, 0.25) is 10.0 Å². The minimum atomic E-state index is -5.35. The molecule has 10 heteroatoms. The number of halogens is 5. The number of hydrogen-bond donors (Lipinski definition) is 0. The van der Waals surface area contributed by atoms with E-state index in [-0.39, 0.29) is 20.7 Å². The second-order valence-corrected chi connectivity index (χ2v) is 7.07. The molecule has 2 unspecified atom stereocenters. The highest BCUT2D eigenvalue weighted by Crippen LogP contribution is 2.32. The van der Waals surface area contributed by atoms with Crippen molar-refractivity contribution >= 4 is 35.0 Å². The third kappa shape index (κ3) is 5.05. The van der Waals surface area contributed by atoms with Crippen LogP contribution in [0.1, 0.15) is 27.7 Å². The van der Waals surface area contributed by atoms with Crippen molar-refractivity contribution in [2.24, 2.45) is 5.92 Å². The normalized spacial score (nSPS) is 14.9. The first kappa shape index (κ1) is 23.1. The molecule has 148 valence electrons. The zero-order valence-corrected chi connectivity index (χ0v) is 16.4. The van der Waals surface area contributed by atoms with Gasteiger partial charge in [0.05, 0.1) is 11.1 Å². The van der Waals surface area contributed by atoms with Crippen molar-refractivity contribution in [1.82, 2.24) is 4.90 Å². The number of hydrogen-bond acceptors (Lipinski definition) is 4. The molecule has 0 fully saturated rings. The molecule has 5 nitrogen and oxygen atoms in total. The molecule has 0 aliphatic rings. The highest BCUT2D eigenvalue weighted by molar-refractivity contribution is 6.35. The number of rotatable bonds is 5. The van der Waals surface area contributed by atoms with Crippen molar-refractivity contribution in [2.45, 2.75) is 45.5 Å². The highest BCUT2D eigenvalue weighted by atomic mass is 35.5. The van der Waals surface area contributed by atoms with Gasteiger partial charge in [0.15, 0.2) is 6.10 Å². The van der Waals surface area contributed by atoms with Gasteiger partial charge in [-0.2, -0.15) is 18.4 Å². The van der Waals surface area contributed by atoms with Gasteiger partial charge in [0.1, 0.15) is 11.3 Å². The summed E-state index contributed by atoms with van der Waals surface area (Å²) >= 11 is 11.7. The van der Waals surface area contributed by atoms with Gasteiger partial charge in [-0.3, -0.25) is 14.5 Å². The minimum Gasteiger partial charge on any atom is -0.479 e. The summed E-state index contributed by atoms with van der Waals surface area (Å²) in [5.74, 6) is -4.54. The molecule has 2 atom stereocenters. The zero-order chi connectivity index (χ0) is 21.2. The molecule has 0 bridgehead atoms. The largest absolute Gasteiger partial charge is 0.479 e. The van der Waals surface area contributed by atoms with Gasteiger partial charge >= 0.3 is 12.1 Å². The van der Waals surface area contributed by atoms with Gasteiger partial charge in [0.2, 0.25) is 0 Å². The van der Waals surface area contributed by atoms with E-state index in [0.29, 0.717) is 0 Å². The Bertz CT molecular complexity index is 778. The lowest BCUT2D eigenvalue weighted by atomic mass is 9.87. The van der Waals surface area contributed by atoms with Crippen LogP contribution in [0.4, 0.5) is 13.2 Å². The number of ether oxygens (including phenoxy) is 1. The summed E-state index contributed by atoms with van der Waals surface area (Å²) in [7, 11) is 0. The van der Waals surface area contributed by atoms with Gasteiger partial charge < -0.3 is 4.74 Å². The molecule has 0 saturated carbocycles. The van der Waals surface area contributed by atoms with Crippen molar-refractivity contribution in [3.05, 3.63) is 28.2 Å². The van der Waals surface area contributed by atoms with E-state index >= 15 is 0 Å². The van der Waals surface area contributed by atoms with Gasteiger partial charge in [-0.25, -0.2) is 0 Å². The van der Waals surface area contributed by atoms with Crippen LogP contribution in [0.15, 0.2) is 18.2 Å². The maximum absolute atomic E-state index is 13.1. The molecule has 27 heavy (non-hydrogen) atoms. The third-order valence-corrected chi connectivity index (χ3v) is 4.56. The van der Waals surface area contributed by atoms with Crippen LogP contribution < -0.4 is 4.74 Å². The standard InChI is InChI=1S/C17H17Cl2F3N2O3/c1-9(2)16(4,8-23)24(15(26)17(20,21)22)14(25)10(3)27-13-6-5-11(18)7-12(13)19/h5-7,9-10H,1-4H3. The van der Waals surface area contributed by atoms with E-state index in [1.165, 1.54) is 32.0 Å². The van der Waals surface area contributed by atoms with Crippen molar-refractivity contribution in [3.63, 3.8) is 0 Å². The van der Waals surface area contributed by atoms with E-state index in [1.54, 1.807) is 6.07 Å². The Morgan fingerprint density at radius 3 is 2.19 bits per heavy atom. The summed E-state index contributed by atoms with van der Waals surface area (Å²) in [6.45, 7) is 5.09. The quantitative estimate of drug-likeness (QED) is 0.691. The van der Waals surface area contributed by atoms with E-state index in [0.717, 1.165) is 13.8 Å². The van der Waals surface area contributed by atoms with E-state index in [1.807, 2.05) is 0 Å². The number of benzene rings is 1. The van der Waals surface area contributed by atoms with Gasteiger partial charge in [-0.05, 0) is 38.0 Å². The molecule has 0 spiro atoms. The topological polar surface area (TPSA) is 70.4 Å². The zero-order valence-electron chi connectivity index (χ0n) is 14.9. The van der Waals surface area contributed by atoms with Gasteiger partial charge in [0.25, 0.3) is 5.91 Å². The van der Waals surface area contributed by atoms with E-state index in [4.69, 9.17) is 27.9 Å². The van der Waals surface area contributed by atoms with Gasteiger partial charge in [-0.15, -0.1) is 0 Å². The maximum atomic E-state index is 13.1. The Kier molecular flexibility index (Phi) is 7.14. The average Bonchev–Trinajstić information content (AvgIpc) is 2.55. The number of nitriles is 1. The maximum Gasteiger partial charge on any atom is 0.471 e. The lowest BCUT2D eigenvalue weighted by Crippen LogP contribution is -2.61. The first-order valence-corrected chi connectivity index (χ1v) is 8.49. The number of carbonyl (C=O) groups is 2. The first-order valence-electron chi connectivity index (χ1n) is 7.73. The molecular weight excluding hydrogens is 408 g/mol. The Morgan fingerprint density at radius 2 is 1.78 bits per heavy atom. The Balaban J connectivity index is 3.31. The average molecular weight is 425 g/mol. The minimum absolute atomic E-state index is 0.00969. The number of imide groups is 1. The van der Waals surface area contributed by atoms with Crippen LogP contribution in [0, 0.1) is 17.2 Å². The summed E-state index contributed by atoms with van der Waals surface area (Å²) in [6, 6.07) is 5.69. The summed E-state index contributed by atoms with van der Waals surface area (Å²) in [6.07, 6.45) is -6.87. The molecule has 0 saturated heterocycles. The SMILES string of the molecule is CC(Oc1ccc(Cl)cc1Cl)C(=O)N(C(=O)C(F)(F)F)C(C)(C#N)C(C)C. The molecule has 0 aromatic heterocycles. The molecule has 0 radical (unpaired) electrons. The molecule has 0 aliphatic heterocycles. The van der Waals surface area contributed by atoms with Crippen molar-refractivity contribution in [3.8, 4) is 11.8 Å². The van der Waals surface area contributed by atoms with Gasteiger partial charge in [0, 0.05) is 5.02 Å². The van der Waals surface area contributed by atoms with Crippen LogP contribution in [0.3, 0.4) is 0 Å². The highest BCUT2D eigenvalue weighted by Gasteiger charge is 2.53. The predicted octanol–water partition coefficient (Wildman–Crippen LogP) is 4.62. The summed E-state index contributed by atoms with van der Waals surface area (Å²) < 4.78 is 44.5. The van der Waals surface area contributed by atoms with Crippen LogP contribution in [0.5, 0.6) is 5.75 Å². The molecule has 2 amide bonds. The predicted molar refractivity (Wildman–Crippen MR) is 93.3 cm³/mol. The van der Waals surface area contributed by atoms with E-state index < -0.39 is 35.6 Å². The lowest BCUT2D eigenvalue weighted by molar-refractivity contribution is -0.194. The van der Waals surface area contributed by atoms with Crippen molar-refractivity contribution in [1.29, 1.82) is 5.26 Å². The van der Waals surface area contributed by atoms with E-state index in [9.17, 15) is 28.0 Å². The molecule has 0 N–H and O–H groups in total. The van der Waals surface area contributed by atoms with Crippen molar-refractivity contribution < 1.29 is 27.5 Å². The Hall–Kier alpha value is -1.98. The second kappa shape index (κ2) is 8.36. The molecular formula is C17H17Cl2F3N2O3. The Labute approximate surface area is 164 Å². The summed E-state index contributed by atoms with van der Waals surface area (Å²) in [5.41, 5.74) is -2.04. The third-order valence-electron chi connectivity index (χ3n) is 4.03. The lowest BCUT2D eigenvalue weighted by Gasteiger charge is -2.38. The fraction of sp³-hybridized carbons (Fsp3) is 0.471. The monoisotopic (exact) mass is 424 g/mol. The second-order valence-electron chi connectivity index (χ2n) is 6.23. The van der Waals surface area contributed by atoms with Crippen LogP contribution in [-0.4, -0.2) is 34.5 Å². The molecule has 0 aliphatic carbocycles. The fourth-order valence-electron chi connectivity index (χ4n) is 2.10. The van der Waals surface area contributed by atoms with Crippen LogP contribution in [0.25, 0.3) is 0 Å². The van der Waals surface area contributed by atoms with Crippen LogP contribution >= 0.6 is 23.2 Å².